The molecule has 0 atom stereocenters. The Bertz CT molecular complexity index is 111. The van der Waals surface area contributed by atoms with Crippen LogP contribution in [0.25, 0.3) is 0 Å². The van der Waals surface area contributed by atoms with Gasteiger partial charge in [0.05, 0.1) is 6.10 Å². The molecule has 0 aromatic carbocycles. The molecule has 1 fully saturated rings. The quantitative estimate of drug-likeness (QED) is 0.454. The highest BCUT2D eigenvalue weighted by atomic mass is 35.5. The largest absolute Gasteiger partial charge is 0.378 e. The summed E-state index contributed by atoms with van der Waals surface area (Å²) >= 11 is 5.59. The van der Waals surface area contributed by atoms with Crippen LogP contribution in [0.2, 0.25) is 0 Å². The van der Waals surface area contributed by atoms with Gasteiger partial charge in [0.2, 0.25) is 0 Å². The summed E-state index contributed by atoms with van der Waals surface area (Å²) in [5, 5.41) is 0. The molecular formula is C11H21ClO. The SMILES string of the molecule is ClCCCCCCOC1CCCC1. The Morgan fingerprint density at radius 2 is 1.69 bits per heavy atom. The van der Waals surface area contributed by atoms with Gasteiger partial charge in [-0.15, -0.1) is 11.6 Å². The molecule has 0 amide bonds. The smallest absolute Gasteiger partial charge is 0.0575 e. The minimum absolute atomic E-state index is 0.591. The molecule has 2 heteroatoms. The molecule has 0 aromatic heterocycles. The van der Waals surface area contributed by atoms with Crippen molar-refractivity contribution in [2.75, 3.05) is 12.5 Å². The first-order chi connectivity index (χ1) is 6.43. The van der Waals surface area contributed by atoms with E-state index < -0.39 is 0 Å². The molecule has 13 heavy (non-hydrogen) atoms. The number of alkyl halides is 1. The predicted octanol–water partition coefficient (Wildman–Crippen LogP) is 3.74. The molecule has 0 bridgehead atoms. The summed E-state index contributed by atoms with van der Waals surface area (Å²) in [6, 6.07) is 0. The van der Waals surface area contributed by atoms with Crippen LogP contribution in [-0.2, 0) is 4.74 Å². The van der Waals surface area contributed by atoms with Gasteiger partial charge < -0.3 is 4.74 Å². The molecule has 0 heterocycles. The fraction of sp³-hybridized carbons (Fsp3) is 1.00. The lowest BCUT2D eigenvalue weighted by Crippen LogP contribution is -2.08. The van der Waals surface area contributed by atoms with Crippen LogP contribution < -0.4 is 0 Å². The first kappa shape index (κ1) is 11.3. The van der Waals surface area contributed by atoms with Crippen LogP contribution in [0.15, 0.2) is 0 Å². The molecule has 1 aliphatic carbocycles. The maximum absolute atomic E-state index is 5.75. The molecule has 1 nitrogen and oxygen atoms in total. The molecule has 0 spiro atoms. The van der Waals surface area contributed by atoms with Crippen molar-refractivity contribution in [3.05, 3.63) is 0 Å². The van der Waals surface area contributed by atoms with Gasteiger partial charge in [0.15, 0.2) is 0 Å². The zero-order valence-corrected chi connectivity index (χ0v) is 9.19. The normalized spacial score (nSPS) is 18.2. The molecule has 0 unspecified atom stereocenters. The fourth-order valence-electron chi connectivity index (χ4n) is 1.86. The van der Waals surface area contributed by atoms with Crippen LogP contribution in [0.5, 0.6) is 0 Å². The Morgan fingerprint density at radius 1 is 1.00 bits per heavy atom. The van der Waals surface area contributed by atoms with Gasteiger partial charge in [0.1, 0.15) is 0 Å². The van der Waals surface area contributed by atoms with Crippen molar-refractivity contribution in [3.8, 4) is 0 Å². The van der Waals surface area contributed by atoms with Gasteiger partial charge in [-0.3, -0.25) is 0 Å². The van der Waals surface area contributed by atoms with Crippen molar-refractivity contribution in [1.82, 2.24) is 0 Å². The van der Waals surface area contributed by atoms with Gasteiger partial charge in [0.25, 0.3) is 0 Å². The van der Waals surface area contributed by atoms with Crippen LogP contribution in [0.4, 0.5) is 0 Å². The van der Waals surface area contributed by atoms with Crippen LogP contribution >= 0.6 is 11.6 Å². The lowest BCUT2D eigenvalue weighted by atomic mass is 10.2. The van der Waals surface area contributed by atoms with E-state index in [1.165, 1.54) is 44.9 Å². The second-order valence-corrected chi connectivity index (χ2v) is 4.26. The Kier molecular flexibility index (Phi) is 6.65. The average molecular weight is 205 g/mol. The summed E-state index contributed by atoms with van der Waals surface area (Å²) in [6.45, 7) is 0.965. The van der Waals surface area contributed by atoms with Crippen molar-refractivity contribution in [1.29, 1.82) is 0 Å². The number of ether oxygens (including phenoxy) is 1. The van der Waals surface area contributed by atoms with Crippen LogP contribution in [0.1, 0.15) is 51.4 Å². The van der Waals surface area contributed by atoms with E-state index in [2.05, 4.69) is 0 Å². The number of halogens is 1. The van der Waals surface area contributed by atoms with Gasteiger partial charge >= 0.3 is 0 Å². The monoisotopic (exact) mass is 204 g/mol. The minimum Gasteiger partial charge on any atom is -0.378 e. The number of unbranched alkanes of at least 4 members (excludes halogenated alkanes) is 3. The van der Waals surface area contributed by atoms with E-state index in [0.29, 0.717) is 6.10 Å². The second kappa shape index (κ2) is 7.64. The molecule has 0 aromatic rings. The Morgan fingerprint density at radius 3 is 2.38 bits per heavy atom. The predicted molar refractivity (Wildman–Crippen MR) is 57.4 cm³/mol. The van der Waals surface area contributed by atoms with Crippen molar-refractivity contribution in [3.63, 3.8) is 0 Å². The Balaban J connectivity index is 1.78. The third-order valence-electron chi connectivity index (χ3n) is 2.68. The maximum atomic E-state index is 5.75. The number of rotatable bonds is 7. The van der Waals surface area contributed by atoms with E-state index in [0.717, 1.165) is 18.9 Å². The van der Waals surface area contributed by atoms with Crippen molar-refractivity contribution in [2.24, 2.45) is 0 Å². The molecule has 1 saturated carbocycles. The van der Waals surface area contributed by atoms with Crippen molar-refractivity contribution in [2.45, 2.75) is 57.5 Å². The molecule has 0 aliphatic heterocycles. The minimum atomic E-state index is 0.591. The lowest BCUT2D eigenvalue weighted by Gasteiger charge is -2.10. The standard InChI is InChI=1S/C11H21ClO/c12-9-5-1-2-6-10-13-11-7-3-4-8-11/h11H,1-10H2. The van der Waals surface area contributed by atoms with E-state index in [-0.39, 0.29) is 0 Å². The third-order valence-corrected chi connectivity index (χ3v) is 2.95. The Hall–Kier alpha value is 0.250. The molecule has 0 saturated heterocycles. The summed E-state index contributed by atoms with van der Waals surface area (Å²) in [5.74, 6) is 0.809. The zero-order chi connectivity index (χ0) is 9.36. The first-order valence-electron chi connectivity index (χ1n) is 5.61. The average Bonchev–Trinajstić information content (AvgIpc) is 2.63. The molecule has 1 aliphatic rings. The summed E-state index contributed by atoms with van der Waals surface area (Å²) < 4.78 is 5.75. The van der Waals surface area contributed by atoms with Crippen molar-refractivity contribution >= 4 is 11.6 Å². The lowest BCUT2D eigenvalue weighted by molar-refractivity contribution is 0.0557. The second-order valence-electron chi connectivity index (χ2n) is 3.88. The van der Waals surface area contributed by atoms with Crippen LogP contribution in [0.3, 0.4) is 0 Å². The first-order valence-corrected chi connectivity index (χ1v) is 6.14. The number of hydrogen-bond acceptors (Lipinski definition) is 1. The van der Waals surface area contributed by atoms with Crippen molar-refractivity contribution < 1.29 is 4.74 Å². The topological polar surface area (TPSA) is 9.23 Å². The molecule has 0 radical (unpaired) electrons. The highest BCUT2D eigenvalue weighted by Crippen LogP contribution is 2.21. The van der Waals surface area contributed by atoms with Crippen LogP contribution in [-0.4, -0.2) is 18.6 Å². The highest BCUT2D eigenvalue weighted by Gasteiger charge is 2.14. The third kappa shape index (κ3) is 5.53. The summed E-state index contributed by atoms with van der Waals surface area (Å²) in [5.41, 5.74) is 0. The van der Waals surface area contributed by atoms with Gasteiger partial charge in [-0.1, -0.05) is 25.7 Å². The van der Waals surface area contributed by atoms with E-state index in [9.17, 15) is 0 Å². The van der Waals surface area contributed by atoms with E-state index in [1.54, 1.807) is 0 Å². The Labute approximate surface area is 86.8 Å². The molecular weight excluding hydrogens is 184 g/mol. The fourth-order valence-corrected chi connectivity index (χ4v) is 2.04. The maximum Gasteiger partial charge on any atom is 0.0575 e. The molecule has 1 rings (SSSR count). The van der Waals surface area contributed by atoms with E-state index in [1.807, 2.05) is 0 Å². The molecule has 78 valence electrons. The van der Waals surface area contributed by atoms with Gasteiger partial charge in [-0.05, 0) is 25.7 Å². The zero-order valence-electron chi connectivity index (χ0n) is 8.43. The summed E-state index contributed by atoms with van der Waals surface area (Å²) in [6.07, 6.45) is 10.8. The van der Waals surface area contributed by atoms with E-state index >= 15 is 0 Å². The number of hydrogen-bond donors (Lipinski definition) is 0. The summed E-state index contributed by atoms with van der Waals surface area (Å²) in [4.78, 5) is 0. The highest BCUT2D eigenvalue weighted by molar-refractivity contribution is 6.17. The van der Waals surface area contributed by atoms with Gasteiger partial charge in [-0.2, -0.15) is 0 Å². The van der Waals surface area contributed by atoms with Gasteiger partial charge in [0, 0.05) is 12.5 Å². The van der Waals surface area contributed by atoms with Gasteiger partial charge in [-0.25, -0.2) is 0 Å². The van der Waals surface area contributed by atoms with Crippen LogP contribution in [0, 0.1) is 0 Å². The molecule has 0 N–H and O–H groups in total. The van der Waals surface area contributed by atoms with E-state index in [4.69, 9.17) is 16.3 Å². The summed E-state index contributed by atoms with van der Waals surface area (Å²) in [7, 11) is 0.